The van der Waals surface area contributed by atoms with Crippen LogP contribution >= 0.6 is 0 Å². The molecule has 0 aromatic carbocycles. The van der Waals surface area contributed by atoms with Crippen LogP contribution < -0.4 is 5.73 Å². The zero-order valence-electron chi connectivity index (χ0n) is 8.16. The third-order valence-corrected chi connectivity index (χ3v) is 4.63. The molecule has 0 spiro atoms. The molecule has 0 radical (unpaired) electrons. The van der Waals surface area contributed by atoms with Gasteiger partial charge < -0.3 is 5.73 Å². The molecule has 0 aromatic rings. The summed E-state index contributed by atoms with van der Waals surface area (Å²) in [5.74, 6) is 1.14. The molecular formula is C11H15NO2. The Morgan fingerprint density at radius 1 is 1.07 bits per heavy atom. The maximum absolute atomic E-state index is 11.8. The number of Topliss-reactive ketones (excluding diaryl/α,β-unsaturated/α-hetero) is 1. The first-order valence-electron chi connectivity index (χ1n) is 5.45. The molecule has 0 heterocycles. The van der Waals surface area contributed by atoms with Crippen LogP contribution in [0, 0.1) is 23.2 Å². The van der Waals surface area contributed by atoms with Crippen LogP contribution in [0.1, 0.15) is 32.1 Å². The summed E-state index contributed by atoms with van der Waals surface area (Å²) in [5.41, 5.74) is 4.80. The van der Waals surface area contributed by atoms with Crippen molar-refractivity contribution in [1.82, 2.24) is 0 Å². The largest absolute Gasteiger partial charge is 0.363 e. The van der Waals surface area contributed by atoms with Gasteiger partial charge in [0.25, 0.3) is 5.91 Å². The lowest BCUT2D eigenvalue weighted by Crippen LogP contribution is -2.42. The average molecular weight is 193 g/mol. The van der Waals surface area contributed by atoms with E-state index in [2.05, 4.69) is 0 Å². The van der Waals surface area contributed by atoms with Gasteiger partial charge in [-0.3, -0.25) is 9.59 Å². The van der Waals surface area contributed by atoms with Gasteiger partial charge in [0, 0.05) is 5.41 Å². The molecule has 4 rings (SSSR count). The van der Waals surface area contributed by atoms with Gasteiger partial charge in [-0.1, -0.05) is 0 Å². The summed E-state index contributed by atoms with van der Waals surface area (Å²) in [5, 5.41) is 0. The number of rotatable bonds is 2. The normalized spacial score (nSPS) is 48.4. The van der Waals surface area contributed by atoms with Gasteiger partial charge in [0.05, 0.1) is 0 Å². The van der Waals surface area contributed by atoms with Gasteiger partial charge in [-0.25, -0.2) is 0 Å². The summed E-state index contributed by atoms with van der Waals surface area (Å²) in [6.45, 7) is 0. The van der Waals surface area contributed by atoms with Gasteiger partial charge >= 0.3 is 0 Å². The van der Waals surface area contributed by atoms with Crippen LogP contribution in [0.5, 0.6) is 0 Å². The summed E-state index contributed by atoms with van der Waals surface area (Å²) in [6, 6.07) is 0. The summed E-state index contributed by atoms with van der Waals surface area (Å²) in [6.07, 6.45) is 5.39. The van der Waals surface area contributed by atoms with Crippen molar-refractivity contribution in [2.24, 2.45) is 28.9 Å². The molecule has 4 fully saturated rings. The molecule has 76 valence electrons. The first-order chi connectivity index (χ1) is 6.61. The second-order valence-corrected chi connectivity index (χ2v) is 5.44. The Kier molecular flexibility index (Phi) is 1.44. The van der Waals surface area contributed by atoms with Crippen molar-refractivity contribution >= 4 is 11.7 Å². The van der Waals surface area contributed by atoms with E-state index in [1.807, 2.05) is 0 Å². The van der Waals surface area contributed by atoms with Crippen LogP contribution in [0.2, 0.25) is 0 Å². The van der Waals surface area contributed by atoms with E-state index >= 15 is 0 Å². The van der Waals surface area contributed by atoms with Gasteiger partial charge in [0.2, 0.25) is 5.78 Å². The van der Waals surface area contributed by atoms with Crippen molar-refractivity contribution < 1.29 is 9.59 Å². The SMILES string of the molecule is NC(=O)C(=O)C12CC3CC(C1)C(C3)C2. The van der Waals surface area contributed by atoms with E-state index in [1.165, 1.54) is 12.8 Å². The number of primary amides is 1. The Labute approximate surface area is 83.0 Å². The predicted molar refractivity (Wildman–Crippen MR) is 50.2 cm³/mol. The fourth-order valence-electron chi connectivity index (χ4n) is 4.35. The van der Waals surface area contributed by atoms with Crippen LogP contribution in [-0.2, 0) is 9.59 Å². The van der Waals surface area contributed by atoms with Crippen LogP contribution in [0.25, 0.3) is 0 Å². The molecule has 3 heteroatoms. The molecule has 4 bridgehead atoms. The minimum atomic E-state index is -0.716. The molecule has 14 heavy (non-hydrogen) atoms. The van der Waals surface area contributed by atoms with Gasteiger partial charge in [0.15, 0.2) is 0 Å². The molecule has 4 saturated carbocycles. The fourth-order valence-corrected chi connectivity index (χ4v) is 4.35. The van der Waals surface area contributed by atoms with Gasteiger partial charge in [-0.2, -0.15) is 0 Å². The quantitative estimate of drug-likeness (QED) is 0.661. The van der Waals surface area contributed by atoms with E-state index in [-0.39, 0.29) is 11.2 Å². The molecule has 1 amide bonds. The van der Waals surface area contributed by atoms with E-state index in [4.69, 9.17) is 5.73 Å². The number of nitrogens with two attached hydrogens (primary N) is 1. The second kappa shape index (κ2) is 2.38. The number of ketones is 1. The van der Waals surface area contributed by atoms with Gasteiger partial charge in [-0.15, -0.1) is 0 Å². The number of carbonyl (C=O) groups excluding carboxylic acids is 2. The number of amides is 1. The first-order valence-corrected chi connectivity index (χ1v) is 5.45. The molecule has 2 atom stereocenters. The van der Waals surface area contributed by atoms with E-state index in [1.54, 1.807) is 0 Å². The van der Waals surface area contributed by atoms with Gasteiger partial charge in [0.1, 0.15) is 0 Å². The highest BCUT2D eigenvalue weighted by atomic mass is 16.2. The standard InChI is InChI=1S/C11H15NO2/c12-10(14)9(13)11-3-6-1-7(4-11)8(2-6)5-11/h6-8H,1-5H2,(H2,12,14). The first kappa shape index (κ1) is 8.45. The van der Waals surface area contributed by atoms with Crippen molar-refractivity contribution in [2.75, 3.05) is 0 Å². The summed E-state index contributed by atoms with van der Waals surface area (Å²) < 4.78 is 0. The highest BCUT2D eigenvalue weighted by molar-refractivity contribution is 6.37. The summed E-state index contributed by atoms with van der Waals surface area (Å²) in [4.78, 5) is 22.7. The maximum atomic E-state index is 11.8. The third kappa shape index (κ3) is 0.877. The molecule has 4 aliphatic carbocycles. The zero-order chi connectivity index (χ0) is 9.92. The van der Waals surface area contributed by atoms with E-state index in [0.717, 1.165) is 31.1 Å². The number of carbonyl (C=O) groups is 2. The Morgan fingerprint density at radius 2 is 1.64 bits per heavy atom. The molecule has 0 aliphatic heterocycles. The van der Waals surface area contributed by atoms with Crippen LogP contribution in [0.3, 0.4) is 0 Å². The fraction of sp³-hybridized carbons (Fsp3) is 0.818. The van der Waals surface area contributed by atoms with Gasteiger partial charge in [-0.05, 0) is 49.9 Å². The van der Waals surface area contributed by atoms with E-state index < -0.39 is 5.91 Å². The third-order valence-electron chi connectivity index (χ3n) is 4.63. The summed E-state index contributed by atoms with van der Waals surface area (Å²) in [7, 11) is 0. The predicted octanol–water partition coefficient (Wildman–Crippen LogP) is 0.867. The molecule has 0 saturated heterocycles. The summed E-state index contributed by atoms with van der Waals surface area (Å²) >= 11 is 0. The van der Waals surface area contributed by atoms with Crippen molar-refractivity contribution in [3.8, 4) is 0 Å². The minimum absolute atomic E-state index is 0.283. The monoisotopic (exact) mass is 193 g/mol. The van der Waals surface area contributed by atoms with Crippen LogP contribution in [0.4, 0.5) is 0 Å². The smallest absolute Gasteiger partial charge is 0.285 e. The average Bonchev–Trinajstić information content (AvgIpc) is 2.53. The van der Waals surface area contributed by atoms with Crippen LogP contribution in [0.15, 0.2) is 0 Å². The Hall–Kier alpha value is -0.860. The topological polar surface area (TPSA) is 60.2 Å². The molecule has 4 aliphatic rings. The lowest BCUT2D eigenvalue weighted by molar-refractivity contribution is -0.144. The Bertz CT molecular complexity index is 304. The molecule has 2 N–H and O–H groups in total. The molecular weight excluding hydrogens is 178 g/mol. The lowest BCUT2D eigenvalue weighted by atomic mass is 9.67. The van der Waals surface area contributed by atoms with Crippen molar-refractivity contribution in [3.63, 3.8) is 0 Å². The molecule has 0 aromatic heterocycles. The Morgan fingerprint density at radius 3 is 2.07 bits per heavy atom. The highest BCUT2D eigenvalue weighted by Crippen LogP contribution is 2.64. The van der Waals surface area contributed by atoms with Crippen LogP contribution in [-0.4, -0.2) is 11.7 Å². The van der Waals surface area contributed by atoms with E-state index in [0.29, 0.717) is 5.92 Å². The maximum Gasteiger partial charge on any atom is 0.285 e. The lowest BCUT2D eigenvalue weighted by Gasteiger charge is -2.35. The highest BCUT2D eigenvalue weighted by Gasteiger charge is 2.59. The van der Waals surface area contributed by atoms with Crippen molar-refractivity contribution in [1.29, 1.82) is 0 Å². The second-order valence-electron chi connectivity index (χ2n) is 5.44. The van der Waals surface area contributed by atoms with E-state index in [9.17, 15) is 9.59 Å². The number of hydrogen-bond donors (Lipinski definition) is 1. The van der Waals surface area contributed by atoms with Crippen molar-refractivity contribution in [3.05, 3.63) is 0 Å². The van der Waals surface area contributed by atoms with Crippen molar-refractivity contribution in [2.45, 2.75) is 32.1 Å². The zero-order valence-corrected chi connectivity index (χ0v) is 8.16. The minimum Gasteiger partial charge on any atom is -0.363 e. The number of hydrogen-bond acceptors (Lipinski definition) is 2. The Balaban J connectivity index is 1.93. The molecule has 3 nitrogen and oxygen atoms in total. The molecule has 2 unspecified atom stereocenters.